The second-order valence-corrected chi connectivity index (χ2v) is 6.59. The van der Waals surface area contributed by atoms with Crippen molar-refractivity contribution in [2.24, 2.45) is 5.92 Å². The quantitative estimate of drug-likeness (QED) is 0.841. The van der Waals surface area contributed by atoms with Crippen LogP contribution >= 0.6 is 11.3 Å². The average Bonchev–Trinajstić information content (AvgIpc) is 2.93. The molecule has 1 N–H and O–H groups in total. The van der Waals surface area contributed by atoms with Crippen LogP contribution in [0, 0.1) is 5.92 Å². The first-order chi connectivity index (χ1) is 11.0. The minimum Gasteiger partial charge on any atom is -0.497 e. The van der Waals surface area contributed by atoms with Crippen LogP contribution in [0.3, 0.4) is 0 Å². The normalized spacial score (nSPS) is 12.0. The number of aromatic nitrogens is 2. The summed E-state index contributed by atoms with van der Waals surface area (Å²) in [6, 6.07) is 7.13. The number of benzene rings is 1. The van der Waals surface area contributed by atoms with E-state index in [1.807, 2.05) is 12.1 Å². The van der Waals surface area contributed by atoms with Crippen LogP contribution in [0.4, 0.5) is 5.13 Å². The summed E-state index contributed by atoms with van der Waals surface area (Å²) in [5.74, 6) is 1.49. The summed E-state index contributed by atoms with van der Waals surface area (Å²) in [5.41, 5.74) is 0. The van der Waals surface area contributed by atoms with E-state index < -0.39 is 6.10 Å². The van der Waals surface area contributed by atoms with Crippen LogP contribution < -0.4 is 14.8 Å². The highest BCUT2D eigenvalue weighted by molar-refractivity contribution is 7.15. The number of methoxy groups -OCH3 is 1. The summed E-state index contributed by atoms with van der Waals surface area (Å²) in [6.45, 7) is 5.91. The fraction of sp³-hybridized carbons (Fsp3) is 0.438. The molecule has 0 bridgehead atoms. The Balaban J connectivity index is 1.92. The third-order valence-corrected chi connectivity index (χ3v) is 3.86. The lowest BCUT2D eigenvalue weighted by Crippen LogP contribution is -2.30. The van der Waals surface area contributed by atoms with Gasteiger partial charge in [-0.25, -0.2) is 0 Å². The van der Waals surface area contributed by atoms with Crippen molar-refractivity contribution in [3.63, 3.8) is 0 Å². The van der Waals surface area contributed by atoms with Gasteiger partial charge in [-0.15, -0.1) is 10.2 Å². The van der Waals surface area contributed by atoms with E-state index in [-0.39, 0.29) is 5.91 Å². The van der Waals surface area contributed by atoms with Crippen molar-refractivity contribution in [2.75, 3.05) is 12.4 Å². The zero-order valence-electron chi connectivity index (χ0n) is 13.7. The summed E-state index contributed by atoms with van der Waals surface area (Å²) in [4.78, 5) is 12.2. The van der Waals surface area contributed by atoms with Crippen LogP contribution in [0.2, 0.25) is 0 Å². The Labute approximate surface area is 139 Å². The van der Waals surface area contributed by atoms with Crippen LogP contribution in [0.1, 0.15) is 25.8 Å². The molecular formula is C16H21N3O3S. The number of amides is 1. The molecule has 1 unspecified atom stereocenters. The number of hydrogen-bond acceptors (Lipinski definition) is 6. The highest BCUT2D eigenvalue weighted by atomic mass is 32.1. The van der Waals surface area contributed by atoms with Gasteiger partial charge in [0, 0.05) is 12.5 Å². The average molecular weight is 335 g/mol. The maximum absolute atomic E-state index is 12.2. The Morgan fingerprint density at radius 3 is 2.70 bits per heavy atom. The Morgan fingerprint density at radius 2 is 2.00 bits per heavy atom. The maximum Gasteiger partial charge on any atom is 0.266 e. The number of hydrogen-bond donors (Lipinski definition) is 1. The molecule has 2 rings (SSSR count). The molecule has 0 saturated heterocycles. The minimum atomic E-state index is -0.653. The van der Waals surface area contributed by atoms with E-state index in [1.54, 1.807) is 26.2 Å². The number of carbonyl (C=O) groups is 1. The molecule has 0 spiro atoms. The van der Waals surface area contributed by atoms with Gasteiger partial charge in [0.1, 0.15) is 16.5 Å². The Kier molecular flexibility index (Phi) is 5.92. The summed E-state index contributed by atoms with van der Waals surface area (Å²) >= 11 is 1.39. The van der Waals surface area contributed by atoms with Crippen LogP contribution in [0.25, 0.3) is 0 Å². The van der Waals surface area contributed by atoms with Gasteiger partial charge in [-0.3, -0.25) is 10.1 Å². The fourth-order valence-electron chi connectivity index (χ4n) is 1.88. The Morgan fingerprint density at radius 1 is 1.26 bits per heavy atom. The van der Waals surface area contributed by atoms with E-state index in [0.29, 0.717) is 22.5 Å². The smallest absolute Gasteiger partial charge is 0.266 e. The fourth-order valence-corrected chi connectivity index (χ4v) is 2.83. The molecule has 0 aliphatic carbocycles. The second-order valence-electron chi connectivity index (χ2n) is 5.53. The molecule has 124 valence electrons. The number of anilines is 1. The first-order valence-corrected chi connectivity index (χ1v) is 8.23. The molecule has 6 nitrogen and oxygen atoms in total. The predicted molar refractivity (Wildman–Crippen MR) is 90.2 cm³/mol. The lowest BCUT2D eigenvalue weighted by atomic mass is 10.1. The van der Waals surface area contributed by atoms with Crippen LogP contribution in [0.5, 0.6) is 11.5 Å². The molecule has 1 aromatic carbocycles. The molecule has 23 heavy (non-hydrogen) atoms. The van der Waals surface area contributed by atoms with Crippen molar-refractivity contribution < 1.29 is 14.3 Å². The second kappa shape index (κ2) is 7.92. The van der Waals surface area contributed by atoms with Crippen molar-refractivity contribution in [2.45, 2.75) is 33.3 Å². The van der Waals surface area contributed by atoms with Gasteiger partial charge in [-0.1, -0.05) is 31.3 Å². The van der Waals surface area contributed by atoms with Gasteiger partial charge in [-0.05, 0) is 25.0 Å². The van der Waals surface area contributed by atoms with Gasteiger partial charge >= 0.3 is 0 Å². The topological polar surface area (TPSA) is 73.3 Å². The largest absolute Gasteiger partial charge is 0.497 e. The van der Waals surface area contributed by atoms with Crippen LogP contribution in [-0.4, -0.2) is 29.3 Å². The molecule has 1 atom stereocenters. The van der Waals surface area contributed by atoms with E-state index in [0.717, 1.165) is 11.4 Å². The Bertz CT molecular complexity index is 658. The molecule has 1 heterocycles. The molecule has 0 aliphatic rings. The molecule has 1 aromatic heterocycles. The van der Waals surface area contributed by atoms with Crippen molar-refractivity contribution in [3.05, 3.63) is 29.3 Å². The predicted octanol–water partition coefficient (Wildman–Crippen LogP) is 3.15. The summed E-state index contributed by atoms with van der Waals surface area (Å²) in [7, 11) is 1.58. The van der Waals surface area contributed by atoms with E-state index in [2.05, 4.69) is 29.4 Å². The van der Waals surface area contributed by atoms with Crippen molar-refractivity contribution >= 4 is 22.4 Å². The SMILES string of the molecule is COc1cccc(OC(C)C(=O)Nc2nnc(CC(C)C)s2)c1. The van der Waals surface area contributed by atoms with Crippen molar-refractivity contribution in [1.29, 1.82) is 0 Å². The first-order valence-electron chi connectivity index (χ1n) is 7.42. The number of rotatable bonds is 7. The summed E-state index contributed by atoms with van der Waals surface area (Å²) in [5, 5.41) is 12.2. The van der Waals surface area contributed by atoms with E-state index >= 15 is 0 Å². The number of nitrogens with zero attached hydrogens (tertiary/aromatic N) is 2. The first kappa shape index (κ1) is 17.2. The van der Waals surface area contributed by atoms with Gasteiger partial charge in [0.2, 0.25) is 5.13 Å². The number of nitrogens with one attached hydrogen (secondary N) is 1. The highest BCUT2D eigenvalue weighted by Crippen LogP contribution is 2.21. The van der Waals surface area contributed by atoms with Crippen LogP contribution in [0.15, 0.2) is 24.3 Å². The van der Waals surface area contributed by atoms with Gasteiger partial charge in [0.05, 0.1) is 7.11 Å². The molecule has 1 amide bonds. The van der Waals surface area contributed by atoms with E-state index in [9.17, 15) is 4.79 Å². The summed E-state index contributed by atoms with van der Waals surface area (Å²) < 4.78 is 10.8. The lowest BCUT2D eigenvalue weighted by Gasteiger charge is -2.14. The van der Waals surface area contributed by atoms with Crippen LogP contribution in [-0.2, 0) is 11.2 Å². The number of ether oxygens (including phenoxy) is 2. The highest BCUT2D eigenvalue weighted by Gasteiger charge is 2.17. The van der Waals surface area contributed by atoms with Gasteiger partial charge in [0.25, 0.3) is 5.91 Å². The summed E-state index contributed by atoms with van der Waals surface area (Å²) in [6.07, 6.45) is 0.197. The maximum atomic E-state index is 12.2. The van der Waals surface area contributed by atoms with Crippen molar-refractivity contribution in [1.82, 2.24) is 10.2 Å². The molecule has 0 radical (unpaired) electrons. The molecule has 0 saturated carbocycles. The van der Waals surface area contributed by atoms with E-state index in [4.69, 9.17) is 9.47 Å². The molecule has 0 fully saturated rings. The molecule has 7 heteroatoms. The van der Waals surface area contributed by atoms with Gasteiger partial charge in [0.15, 0.2) is 6.10 Å². The standard InChI is InChI=1S/C16H21N3O3S/c1-10(2)8-14-18-19-16(23-14)17-15(20)11(3)22-13-7-5-6-12(9-13)21-4/h5-7,9-11H,8H2,1-4H3,(H,17,19,20). The Hall–Kier alpha value is -2.15. The van der Waals surface area contributed by atoms with Gasteiger partial charge < -0.3 is 9.47 Å². The van der Waals surface area contributed by atoms with Crippen molar-refractivity contribution in [3.8, 4) is 11.5 Å². The zero-order valence-corrected chi connectivity index (χ0v) is 14.5. The molecule has 2 aromatic rings. The minimum absolute atomic E-state index is 0.264. The monoisotopic (exact) mass is 335 g/mol. The third kappa shape index (κ3) is 5.21. The molecular weight excluding hydrogens is 314 g/mol. The van der Waals surface area contributed by atoms with Gasteiger partial charge in [-0.2, -0.15) is 0 Å². The molecule has 0 aliphatic heterocycles. The third-order valence-electron chi connectivity index (χ3n) is 3.00. The van der Waals surface area contributed by atoms with E-state index in [1.165, 1.54) is 11.3 Å². The number of carbonyl (C=O) groups excluding carboxylic acids is 1. The lowest BCUT2D eigenvalue weighted by molar-refractivity contribution is -0.122. The zero-order chi connectivity index (χ0) is 16.8.